The highest BCUT2D eigenvalue weighted by molar-refractivity contribution is 5.91. The predicted octanol–water partition coefficient (Wildman–Crippen LogP) is 5.19. The van der Waals surface area contributed by atoms with Crippen LogP contribution in [0.3, 0.4) is 0 Å². The number of rotatable bonds is 7. The molecule has 3 fully saturated rings. The van der Waals surface area contributed by atoms with Crippen molar-refractivity contribution in [1.29, 1.82) is 0 Å². The van der Waals surface area contributed by atoms with Gasteiger partial charge < -0.3 is 15.4 Å². The van der Waals surface area contributed by atoms with Gasteiger partial charge in [0.1, 0.15) is 17.9 Å². The van der Waals surface area contributed by atoms with Gasteiger partial charge in [-0.1, -0.05) is 6.07 Å². The highest BCUT2D eigenvalue weighted by atomic mass is 19.3. The lowest BCUT2D eigenvalue weighted by Gasteiger charge is -2.39. The van der Waals surface area contributed by atoms with Gasteiger partial charge in [-0.2, -0.15) is 23.5 Å². The van der Waals surface area contributed by atoms with Crippen LogP contribution >= 0.6 is 0 Å². The zero-order valence-electron chi connectivity index (χ0n) is 23.6. The number of benzene rings is 1. The van der Waals surface area contributed by atoms with Crippen molar-refractivity contribution in [2.24, 2.45) is 0 Å². The van der Waals surface area contributed by atoms with Crippen LogP contribution in [-0.2, 0) is 0 Å². The van der Waals surface area contributed by atoms with Gasteiger partial charge in [0, 0.05) is 46.5 Å². The Hall–Kier alpha value is -4.94. The van der Waals surface area contributed by atoms with Crippen molar-refractivity contribution in [3.8, 4) is 28.1 Å². The van der Waals surface area contributed by atoms with Crippen LogP contribution < -0.4 is 10.5 Å². The second-order valence-corrected chi connectivity index (χ2v) is 11.8. The molecule has 8 rings (SSSR count). The molecule has 2 saturated heterocycles. The van der Waals surface area contributed by atoms with Crippen LogP contribution in [0, 0.1) is 0 Å². The number of pyridine rings is 1. The topological polar surface area (TPSA) is 140 Å². The minimum absolute atomic E-state index is 0.0924. The maximum atomic E-state index is 13.2. The molecule has 4 aromatic heterocycles. The van der Waals surface area contributed by atoms with Crippen molar-refractivity contribution >= 4 is 17.4 Å². The highest BCUT2D eigenvalue weighted by Gasteiger charge is 2.46. The maximum Gasteiger partial charge on any atom is 0.387 e. The quantitative estimate of drug-likeness (QED) is 0.261. The fourth-order valence-corrected chi connectivity index (χ4v) is 7.04. The fraction of sp³-hybridized carbons (Fsp3) is 0.355. The van der Waals surface area contributed by atoms with Crippen molar-refractivity contribution in [3.63, 3.8) is 0 Å². The van der Waals surface area contributed by atoms with Gasteiger partial charge in [0.2, 0.25) is 5.82 Å². The number of amides is 1. The van der Waals surface area contributed by atoms with E-state index < -0.39 is 6.61 Å². The number of nitrogens with two attached hydrogens (primary N) is 1. The number of carbonyl (C=O) groups excluding carboxylic acids is 1. The number of nitrogens with zero attached hydrogens (tertiary/aromatic N) is 7. The van der Waals surface area contributed by atoms with Crippen LogP contribution in [0.25, 0.3) is 28.0 Å². The van der Waals surface area contributed by atoms with Crippen LogP contribution in [0.1, 0.15) is 72.2 Å². The van der Waals surface area contributed by atoms with E-state index in [0.29, 0.717) is 23.1 Å². The number of H-pyrrole nitrogens is 1. The van der Waals surface area contributed by atoms with Gasteiger partial charge in [-0.25, -0.2) is 9.97 Å². The SMILES string of the molecule is Nc1c(C2CC2)c(C2C[C@H]3CC[C@@H](C2)N3C(=O)c2ncn[nH]2)nc2c(-c3ccc(-c4ccc(OC(F)F)cc4)nc3)cnn12. The molecular weight excluding hydrogens is 568 g/mol. The van der Waals surface area contributed by atoms with Crippen molar-refractivity contribution in [1.82, 2.24) is 39.7 Å². The molecule has 3 aliphatic rings. The minimum atomic E-state index is -2.87. The first kappa shape index (κ1) is 26.7. The number of ether oxygens (including phenoxy) is 1. The van der Waals surface area contributed by atoms with Gasteiger partial charge in [-0.3, -0.25) is 14.9 Å². The molecule has 44 heavy (non-hydrogen) atoms. The summed E-state index contributed by atoms with van der Waals surface area (Å²) in [5.41, 5.74) is 12.8. The number of nitrogen functional groups attached to an aromatic ring is 1. The van der Waals surface area contributed by atoms with Gasteiger partial charge >= 0.3 is 6.61 Å². The second kappa shape index (κ2) is 10.4. The summed E-state index contributed by atoms with van der Waals surface area (Å²) in [5, 5.41) is 11.2. The summed E-state index contributed by atoms with van der Waals surface area (Å²) >= 11 is 0. The highest BCUT2D eigenvalue weighted by Crippen LogP contribution is 2.50. The summed E-state index contributed by atoms with van der Waals surface area (Å²) in [4.78, 5) is 29.2. The number of anilines is 1. The number of alkyl halides is 2. The van der Waals surface area contributed by atoms with E-state index in [-0.39, 0.29) is 35.5 Å². The summed E-state index contributed by atoms with van der Waals surface area (Å²) in [5.74, 6) is 1.46. The number of aromatic nitrogens is 7. The summed E-state index contributed by atoms with van der Waals surface area (Å²) in [7, 11) is 0. The Morgan fingerprint density at radius 2 is 1.70 bits per heavy atom. The fourth-order valence-electron chi connectivity index (χ4n) is 7.04. The van der Waals surface area contributed by atoms with Crippen LogP contribution in [0.2, 0.25) is 0 Å². The third-order valence-electron chi connectivity index (χ3n) is 9.16. The first-order valence-electron chi connectivity index (χ1n) is 14.8. The molecule has 13 heteroatoms. The molecule has 3 N–H and O–H groups in total. The molecule has 6 heterocycles. The molecule has 3 atom stereocenters. The predicted molar refractivity (Wildman–Crippen MR) is 156 cm³/mol. The third-order valence-corrected chi connectivity index (χ3v) is 9.16. The van der Waals surface area contributed by atoms with Gasteiger partial charge in [-0.15, -0.1) is 0 Å². The van der Waals surface area contributed by atoms with E-state index in [4.69, 9.17) is 10.7 Å². The van der Waals surface area contributed by atoms with Crippen LogP contribution in [0.4, 0.5) is 14.6 Å². The maximum absolute atomic E-state index is 13.2. The number of aromatic amines is 1. The average molecular weight is 598 g/mol. The lowest BCUT2D eigenvalue weighted by molar-refractivity contribution is -0.0498. The lowest BCUT2D eigenvalue weighted by atomic mass is 9.85. The van der Waals surface area contributed by atoms with E-state index in [9.17, 15) is 13.6 Å². The monoisotopic (exact) mass is 597 g/mol. The van der Waals surface area contributed by atoms with Gasteiger partial charge in [0.15, 0.2) is 5.65 Å². The second-order valence-electron chi connectivity index (χ2n) is 11.8. The first-order valence-corrected chi connectivity index (χ1v) is 14.8. The molecule has 0 spiro atoms. The average Bonchev–Trinajstić information content (AvgIpc) is 3.41. The van der Waals surface area contributed by atoms with Crippen LogP contribution in [-0.4, -0.2) is 64.3 Å². The van der Waals surface area contributed by atoms with Gasteiger partial charge in [0.25, 0.3) is 5.91 Å². The molecular formula is C31H29F2N9O2. The molecule has 11 nitrogen and oxygen atoms in total. The first-order chi connectivity index (χ1) is 21.4. The number of hydrogen-bond donors (Lipinski definition) is 2. The molecule has 0 radical (unpaired) electrons. The van der Waals surface area contributed by atoms with Crippen LogP contribution in [0.5, 0.6) is 5.75 Å². The number of nitrogens with one attached hydrogen (secondary N) is 1. The zero-order valence-corrected chi connectivity index (χ0v) is 23.6. The summed E-state index contributed by atoms with van der Waals surface area (Å²) < 4.78 is 31.2. The van der Waals surface area contributed by atoms with E-state index in [1.54, 1.807) is 29.0 Å². The van der Waals surface area contributed by atoms with E-state index >= 15 is 0 Å². The molecule has 224 valence electrons. The molecule has 2 aliphatic heterocycles. The summed E-state index contributed by atoms with van der Waals surface area (Å²) in [6, 6.07) is 10.4. The molecule has 1 aliphatic carbocycles. The molecule has 1 unspecified atom stereocenters. The van der Waals surface area contributed by atoms with Gasteiger partial charge in [-0.05, 0) is 74.8 Å². The molecule has 5 aromatic rings. The Morgan fingerprint density at radius 3 is 2.34 bits per heavy atom. The standard InChI is InChI=1S/C31H29F2N9O2/c32-31(33)44-22-8-3-16(4-9-22)24-10-5-18(13-35-24)23-14-38-42-27(34)25(17-1-2-17)26(39-29(23)42)19-11-20-6-7-21(12-19)41(20)30(43)28-36-15-37-40-28/h3-5,8-10,13-15,17,19-21,31H,1-2,6-7,11-12,34H2,(H,36,37,40)/t19?,20-,21+. The van der Waals surface area contributed by atoms with Crippen molar-refractivity contribution in [3.05, 3.63) is 72.2 Å². The zero-order chi connectivity index (χ0) is 29.9. The van der Waals surface area contributed by atoms with Gasteiger partial charge in [0.05, 0.1) is 17.6 Å². The van der Waals surface area contributed by atoms with Crippen molar-refractivity contribution < 1.29 is 18.3 Å². The number of halogens is 2. The lowest BCUT2D eigenvalue weighted by Crippen LogP contribution is -2.46. The van der Waals surface area contributed by atoms with Crippen molar-refractivity contribution in [2.45, 2.75) is 69.1 Å². The molecule has 1 amide bonds. The minimum Gasteiger partial charge on any atom is -0.435 e. The number of piperidine rings is 1. The van der Waals surface area contributed by atoms with Crippen molar-refractivity contribution in [2.75, 3.05) is 5.73 Å². The molecule has 1 saturated carbocycles. The van der Waals surface area contributed by atoms with E-state index in [1.165, 1.54) is 18.5 Å². The number of fused-ring (bicyclic) bond motifs is 3. The Kier molecular flexibility index (Phi) is 6.27. The Morgan fingerprint density at radius 1 is 0.955 bits per heavy atom. The largest absolute Gasteiger partial charge is 0.435 e. The van der Waals surface area contributed by atoms with Crippen LogP contribution in [0.15, 0.2) is 55.1 Å². The number of carbonyl (C=O) groups is 1. The Labute approximate surface area is 250 Å². The molecule has 2 bridgehead atoms. The normalized spacial score (nSPS) is 21.3. The van der Waals surface area contributed by atoms with E-state index in [0.717, 1.165) is 66.5 Å². The molecule has 1 aromatic carbocycles. The smallest absolute Gasteiger partial charge is 0.387 e. The number of hydrogen-bond acceptors (Lipinski definition) is 8. The summed E-state index contributed by atoms with van der Waals surface area (Å²) in [6.45, 7) is -2.87. The Balaban J connectivity index is 1.11. The van der Waals surface area contributed by atoms with E-state index in [1.807, 2.05) is 17.0 Å². The van der Waals surface area contributed by atoms with E-state index in [2.05, 4.69) is 30.0 Å². The Bertz CT molecular complexity index is 1820. The summed E-state index contributed by atoms with van der Waals surface area (Å²) in [6.07, 6.45) is 10.6. The third kappa shape index (κ3) is 4.54.